The molecular weight excluding hydrogens is 330 g/mol. The van der Waals surface area contributed by atoms with Crippen molar-refractivity contribution < 1.29 is 13.2 Å². The van der Waals surface area contributed by atoms with Crippen LogP contribution in [0, 0.1) is 0 Å². The van der Waals surface area contributed by atoms with E-state index in [1.165, 1.54) is 69.5 Å². The van der Waals surface area contributed by atoms with Gasteiger partial charge in [0.1, 0.15) is 0 Å². The number of unbranched alkanes of at least 4 members (excludes halogenated alkanes) is 9. The van der Waals surface area contributed by atoms with Gasteiger partial charge in [0.25, 0.3) is 5.24 Å². The zero-order valence-corrected chi connectivity index (χ0v) is 16.2. The minimum Gasteiger partial charge on any atom is -0.343 e. The topological polar surface area (TPSA) is 63.2 Å². The number of hydrogen-bond donors (Lipinski definition) is 1. The molecule has 1 fully saturated rings. The lowest BCUT2D eigenvalue weighted by Crippen LogP contribution is -2.33. The molecule has 4 nitrogen and oxygen atoms in total. The third kappa shape index (κ3) is 11.0. The van der Waals surface area contributed by atoms with Gasteiger partial charge in [-0.25, -0.2) is 8.42 Å². The fraction of sp³-hybridized carbons (Fsp3) is 0.941. The van der Waals surface area contributed by atoms with Crippen molar-refractivity contribution in [3.63, 3.8) is 0 Å². The van der Waals surface area contributed by atoms with Gasteiger partial charge in [0.05, 0.1) is 11.5 Å². The Hall–Kier alpha value is -0.230. The minimum atomic E-state index is -2.91. The highest BCUT2D eigenvalue weighted by Gasteiger charge is 2.28. The molecule has 0 aromatic rings. The summed E-state index contributed by atoms with van der Waals surface area (Å²) < 4.78 is 22.6. The summed E-state index contributed by atoms with van der Waals surface area (Å²) in [5, 5.41) is 2.75. The molecule has 1 saturated heterocycles. The first kappa shape index (κ1) is 20.8. The monoisotopic (exact) mass is 363 g/mol. The zero-order valence-electron chi connectivity index (χ0n) is 14.5. The standard InChI is InChI=1S/C17H33NO3S2/c1-2-3-4-5-6-7-8-9-10-11-13-22-17(19)18-16-12-14-23(20,21)15-16/h16H,2-15H2,1H3,(H,18,19). The zero-order chi connectivity index (χ0) is 17.0. The molecule has 1 unspecified atom stereocenters. The van der Waals surface area contributed by atoms with Gasteiger partial charge in [-0.05, 0) is 12.8 Å². The van der Waals surface area contributed by atoms with E-state index in [1.807, 2.05) is 0 Å². The third-order valence-corrected chi connectivity index (χ3v) is 6.93. The maximum atomic E-state index is 11.7. The molecule has 0 aromatic heterocycles. The van der Waals surface area contributed by atoms with E-state index in [9.17, 15) is 13.2 Å². The summed E-state index contributed by atoms with van der Waals surface area (Å²) in [6, 6.07) is -0.173. The molecule has 6 heteroatoms. The molecule has 0 spiro atoms. The number of carbonyl (C=O) groups is 1. The van der Waals surface area contributed by atoms with E-state index >= 15 is 0 Å². The first-order chi connectivity index (χ1) is 11.0. The number of amides is 1. The van der Waals surface area contributed by atoms with Crippen molar-refractivity contribution in [2.24, 2.45) is 0 Å². The molecule has 0 bridgehead atoms. The van der Waals surface area contributed by atoms with Crippen LogP contribution in [0.15, 0.2) is 0 Å². The molecule has 1 aliphatic rings. The van der Waals surface area contributed by atoms with Gasteiger partial charge in [-0.2, -0.15) is 0 Å². The second-order valence-corrected chi connectivity index (χ2v) is 9.86. The van der Waals surface area contributed by atoms with Gasteiger partial charge in [-0.3, -0.25) is 4.79 Å². The van der Waals surface area contributed by atoms with Crippen molar-refractivity contribution in [3.05, 3.63) is 0 Å². The van der Waals surface area contributed by atoms with Crippen LogP contribution in [0.2, 0.25) is 0 Å². The van der Waals surface area contributed by atoms with E-state index in [0.717, 1.165) is 12.2 Å². The maximum Gasteiger partial charge on any atom is 0.279 e. The van der Waals surface area contributed by atoms with Crippen LogP contribution in [0.1, 0.15) is 77.6 Å². The fourth-order valence-electron chi connectivity index (χ4n) is 2.87. The van der Waals surface area contributed by atoms with Crippen LogP contribution in [0.25, 0.3) is 0 Å². The smallest absolute Gasteiger partial charge is 0.279 e. The number of carbonyl (C=O) groups excluding carboxylic acids is 1. The Morgan fingerprint density at radius 2 is 1.57 bits per heavy atom. The van der Waals surface area contributed by atoms with Gasteiger partial charge in [0.2, 0.25) is 0 Å². The third-order valence-electron chi connectivity index (χ3n) is 4.29. The number of rotatable bonds is 12. The second kappa shape index (κ2) is 12.2. The minimum absolute atomic E-state index is 0.0666. The maximum absolute atomic E-state index is 11.7. The van der Waals surface area contributed by atoms with Crippen LogP contribution in [-0.4, -0.2) is 37.0 Å². The van der Waals surface area contributed by atoms with E-state index in [2.05, 4.69) is 12.2 Å². The molecule has 1 heterocycles. The Kier molecular flexibility index (Phi) is 11.0. The summed E-state index contributed by atoms with van der Waals surface area (Å²) in [7, 11) is -2.91. The lowest BCUT2D eigenvalue weighted by molar-refractivity contribution is 0.258. The Balaban J connectivity index is 1.86. The predicted molar refractivity (Wildman–Crippen MR) is 99.9 cm³/mol. The molecule has 136 valence electrons. The van der Waals surface area contributed by atoms with E-state index in [0.29, 0.717) is 6.42 Å². The van der Waals surface area contributed by atoms with Crippen molar-refractivity contribution >= 4 is 26.8 Å². The lowest BCUT2D eigenvalue weighted by Gasteiger charge is -2.09. The summed E-state index contributed by atoms with van der Waals surface area (Å²) in [5.41, 5.74) is 0. The van der Waals surface area contributed by atoms with Crippen molar-refractivity contribution in [1.82, 2.24) is 5.32 Å². The molecule has 0 aliphatic carbocycles. The van der Waals surface area contributed by atoms with Crippen LogP contribution in [0.3, 0.4) is 0 Å². The van der Waals surface area contributed by atoms with Crippen molar-refractivity contribution in [2.75, 3.05) is 17.3 Å². The highest BCUT2D eigenvalue weighted by atomic mass is 32.2. The van der Waals surface area contributed by atoms with Crippen LogP contribution in [-0.2, 0) is 9.84 Å². The van der Waals surface area contributed by atoms with Gasteiger partial charge in [0.15, 0.2) is 9.84 Å². The Labute approximate surface area is 146 Å². The largest absolute Gasteiger partial charge is 0.343 e. The molecule has 1 amide bonds. The average Bonchev–Trinajstić information content (AvgIpc) is 2.83. The summed E-state index contributed by atoms with van der Waals surface area (Å²) in [6.45, 7) is 2.24. The molecule has 1 rings (SSSR count). The molecule has 1 aliphatic heterocycles. The molecule has 0 aromatic carbocycles. The van der Waals surface area contributed by atoms with Crippen LogP contribution in [0.5, 0.6) is 0 Å². The molecule has 1 atom stereocenters. The summed E-state index contributed by atoms with van der Waals surface area (Å²) in [6.07, 6.45) is 13.5. The Morgan fingerprint density at radius 3 is 2.09 bits per heavy atom. The van der Waals surface area contributed by atoms with Gasteiger partial charge in [0, 0.05) is 11.8 Å². The van der Waals surface area contributed by atoms with Crippen molar-refractivity contribution in [2.45, 2.75) is 83.6 Å². The number of hydrogen-bond acceptors (Lipinski definition) is 4. The quantitative estimate of drug-likeness (QED) is 0.517. The normalized spacial score (nSPS) is 19.8. The SMILES string of the molecule is CCCCCCCCCCCCSC(=O)NC1CCS(=O)(=O)C1. The van der Waals surface area contributed by atoms with E-state index in [4.69, 9.17) is 0 Å². The van der Waals surface area contributed by atoms with Crippen molar-refractivity contribution in [1.29, 1.82) is 0 Å². The molecule has 0 radical (unpaired) electrons. The van der Waals surface area contributed by atoms with Gasteiger partial charge >= 0.3 is 0 Å². The van der Waals surface area contributed by atoms with Crippen LogP contribution >= 0.6 is 11.8 Å². The number of nitrogens with one attached hydrogen (secondary N) is 1. The molecule has 0 saturated carbocycles. The van der Waals surface area contributed by atoms with Crippen LogP contribution < -0.4 is 5.32 Å². The number of thioether (sulfide) groups is 1. The Morgan fingerprint density at radius 1 is 1.00 bits per heavy atom. The number of sulfone groups is 1. The lowest BCUT2D eigenvalue weighted by atomic mass is 10.1. The van der Waals surface area contributed by atoms with Crippen LogP contribution in [0.4, 0.5) is 4.79 Å². The summed E-state index contributed by atoms with van der Waals surface area (Å²) in [5.74, 6) is 1.15. The van der Waals surface area contributed by atoms with E-state index in [-0.39, 0.29) is 22.8 Å². The van der Waals surface area contributed by atoms with Gasteiger partial charge in [-0.15, -0.1) is 0 Å². The van der Waals surface area contributed by atoms with Gasteiger partial charge in [-0.1, -0.05) is 76.5 Å². The fourth-order valence-corrected chi connectivity index (χ4v) is 5.33. The second-order valence-electron chi connectivity index (χ2n) is 6.56. The first-order valence-electron chi connectivity index (χ1n) is 9.17. The summed E-state index contributed by atoms with van der Waals surface area (Å²) >= 11 is 1.30. The van der Waals surface area contributed by atoms with E-state index in [1.54, 1.807) is 0 Å². The molecule has 23 heavy (non-hydrogen) atoms. The van der Waals surface area contributed by atoms with Gasteiger partial charge < -0.3 is 5.32 Å². The highest BCUT2D eigenvalue weighted by Crippen LogP contribution is 2.15. The first-order valence-corrected chi connectivity index (χ1v) is 12.0. The highest BCUT2D eigenvalue weighted by molar-refractivity contribution is 8.13. The predicted octanol–water partition coefficient (Wildman–Crippen LogP) is 4.54. The average molecular weight is 364 g/mol. The molecule has 1 N–H and O–H groups in total. The Bertz CT molecular complexity index is 424. The molecular formula is C17H33NO3S2. The van der Waals surface area contributed by atoms with Crippen molar-refractivity contribution in [3.8, 4) is 0 Å². The van der Waals surface area contributed by atoms with E-state index < -0.39 is 9.84 Å². The summed E-state index contributed by atoms with van der Waals surface area (Å²) in [4.78, 5) is 11.7.